The van der Waals surface area contributed by atoms with Crippen molar-refractivity contribution in [3.05, 3.63) is 18.2 Å². The fourth-order valence-electron chi connectivity index (χ4n) is 2.41. The minimum atomic E-state index is -0.342. The Balaban J connectivity index is 1.70. The van der Waals surface area contributed by atoms with Crippen molar-refractivity contribution in [2.75, 3.05) is 13.1 Å². The molecule has 1 amide bonds. The van der Waals surface area contributed by atoms with Crippen LogP contribution in [-0.4, -0.2) is 39.9 Å². The number of aryl methyl sites for hydroxylation is 1. The molecule has 0 bridgehead atoms. The summed E-state index contributed by atoms with van der Waals surface area (Å²) in [4.78, 5) is 21.0. The quantitative estimate of drug-likeness (QED) is 0.821. The lowest BCUT2D eigenvalue weighted by Crippen LogP contribution is -2.45. The van der Waals surface area contributed by atoms with Gasteiger partial charge in [-0.1, -0.05) is 0 Å². The van der Waals surface area contributed by atoms with E-state index in [2.05, 4.69) is 9.97 Å². The van der Waals surface area contributed by atoms with Crippen LogP contribution in [0.4, 0.5) is 0 Å². The zero-order valence-corrected chi connectivity index (χ0v) is 10.8. The van der Waals surface area contributed by atoms with Crippen LogP contribution in [0.15, 0.2) is 12.5 Å². The summed E-state index contributed by atoms with van der Waals surface area (Å²) in [7, 11) is 0. The van der Waals surface area contributed by atoms with Gasteiger partial charge in [-0.2, -0.15) is 0 Å². The molecule has 1 aromatic rings. The lowest BCUT2D eigenvalue weighted by atomic mass is 10.1. The first kappa shape index (κ1) is 13.1. The highest BCUT2D eigenvalue weighted by molar-refractivity contribution is 5.81. The number of H-pyrrole nitrogens is 1. The highest BCUT2D eigenvalue weighted by Gasteiger charge is 2.21. The first-order valence-electron chi connectivity index (χ1n) is 6.79. The summed E-state index contributed by atoms with van der Waals surface area (Å²) in [5.41, 5.74) is 7.07. The molecule has 5 nitrogen and oxygen atoms in total. The van der Waals surface area contributed by atoms with E-state index in [4.69, 9.17) is 5.73 Å². The SMILES string of the molecule is NC(CCCc1cnc[nH]1)C(=O)N1CCCCC1. The Morgan fingerprint density at radius 3 is 2.89 bits per heavy atom. The van der Waals surface area contributed by atoms with Crippen LogP contribution in [0, 0.1) is 0 Å². The molecule has 5 heteroatoms. The van der Waals surface area contributed by atoms with Gasteiger partial charge < -0.3 is 15.6 Å². The molecule has 1 unspecified atom stereocenters. The molecule has 0 aromatic carbocycles. The van der Waals surface area contributed by atoms with Gasteiger partial charge in [0, 0.05) is 25.0 Å². The number of nitrogens with zero attached hydrogens (tertiary/aromatic N) is 2. The van der Waals surface area contributed by atoms with Crippen LogP contribution in [0.3, 0.4) is 0 Å². The van der Waals surface area contributed by atoms with E-state index in [1.54, 1.807) is 6.33 Å². The maximum Gasteiger partial charge on any atom is 0.239 e. The van der Waals surface area contributed by atoms with Crippen molar-refractivity contribution in [1.82, 2.24) is 14.9 Å². The van der Waals surface area contributed by atoms with Crippen LogP contribution >= 0.6 is 0 Å². The van der Waals surface area contributed by atoms with Crippen molar-refractivity contribution in [2.24, 2.45) is 5.73 Å². The average Bonchev–Trinajstić information content (AvgIpc) is 2.92. The van der Waals surface area contributed by atoms with Gasteiger partial charge in [-0.05, 0) is 38.5 Å². The van der Waals surface area contributed by atoms with Crippen LogP contribution in [0.5, 0.6) is 0 Å². The predicted molar refractivity (Wildman–Crippen MR) is 69.9 cm³/mol. The van der Waals surface area contributed by atoms with Gasteiger partial charge in [-0.15, -0.1) is 0 Å². The first-order valence-corrected chi connectivity index (χ1v) is 6.79. The third-order valence-corrected chi connectivity index (χ3v) is 3.50. The Hall–Kier alpha value is -1.36. The Labute approximate surface area is 108 Å². The van der Waals surface area contributed by atoms with Crippen molar-refractivity contribution in [3.8, 4) is 0 Å². The van der Waals surface area contributed by atoms with Gasteiger partial charge in [0.25, 0.3) is 0 Å². The molecule has 1 atom stereocenters. The molecular formula is C13H22N4O. The summed E-state index contributed by atoms with van der Waals surface area (Å²) in [5.74, 6) is 0.124. The smallest absolute Gasteiger partial charge is 0.239 e. The molecule has 1 aliphatic heterocycles. The lowest BCUT2D eigenvalue weighted by molar-refractivity contribution is -0.133. The Morgan fingerprint density at radius 2 is 2.22 bits per heavy atom. The maximum absolute atomic E-state index is 12.1. The van der Waals surface area contributed by atoms with E-state index in [1.807, 2.05) is 11.1 Å². The number of imidazole rings is 1. The largest absolute Gasteiger partial charge is 0.348 e. The number of aromatic amines is 1. The van der Waals surface area contributed by atoms with Crippen LogP contribution in [-0.2, 0) is 11.2 Å². The monoisotopic (exact) mass is 250 g/mol. The van der Waals surface area contributed by atoms with Gasteiger partial charge in [0.1, 0.15) is 0 Å². The zero-order chi connectivity index (χ0) is 12.8. The second kappa shape index (κ2) is 6.54. The Bertz CT molecular complexity index is 357. The van der Waals surface area contributed by atoms with Gasteiger partial charge in [-0.25, -0.2) is 4.98 Å². The molecule has 1 fully saturated rings. The fourth-order valence-corrected chi connectivity index (χ4v) is 2.41. The second-order valence-electron chi connectivity index (χ2n) is 4.96. The Kier molecular flexibility index (Phi) is 4.75. The lowest BCUT2D eigenvalue weighted by Gasteiger charge is -2.29. The van der Waals surface area contributed by atoms with Crippen molar-refractivity contribution < 1.29 is 4.79 Å². The van der Waals surface area contributed by atoms with Crippen molar-refractivity contribution in [2.45, 2.75) is 44.6 Å². The minimum absolute atomic E-state index is 0.124. The van der Waals surface area contributed by atoms with Gasteiger partial charge in [-0.3, -0.25) is 4.79 Å². The molecular weight excluding hydrogens is 228 g/mol. The molecule has 1 saturated heterocycles. The number of hydrogen-bond acceptors (Lipinski definition) is 3. The van der Waals surface area contributed by atoms with Crippen LogP contribution in [0.2, 0.25) is 0 Å². The summed E-state index contributed by atoms with van der Waals surface area (Å²) in [6.45, 7) is 1.76. The molecule has 18 heavy (non-hydrogen) atoms. The van der Waals surface area contributed by atoms with E-state index in [0.29, 0.717) is 0 Å². The number of carbonyl (C=O) groups excluding carboxylic acids is 1. The maximum atomic E-state index is 12.1. The van der Waals surface area contributed by atoms with Crippen LogP contribution < -0.4 is 5.73 Å². The predicted octanol–water partition coefficient (Wildman–Crippen LogP) is 1.07. The molecule has 1 aromatic heterocycles. The van der Waals surface area contributed by atoms with Gasteiger partial charge in [0.2, 0.25) is 5.91 Å². The number of piperidine rings is 1. The standard InChI is InChI=1S/C13H22N4O/c14-12(6-4-5-11-9-15-10-16-11)13(18)17-7-2-1-3-8-17/h9-10,12H,1-8,14H2,(H,15,16). The molecule has 1 aliphatic rings. The van der Waals surface area contributed by atoms with Crippen molar-refractivity contribution >= 4 is 5.91 Å². The normalized spacial score (nSPS) is 17.7. The number of nitrogens with two attached hydrogens (primary N) is 1. The van der Waals surface area contributed by atoms with Gasteiger partial charge in [0.15, 0.2) is 0 Å². The molecule has 0 saturated carbocycles. The van der Waals surface area contributed by atoms with Crippen LogP contribution in [0.1, 0.15) is 37.8 Å². The second-order valence-corrected chi connectivity index (χ2v) is 4.96. The topological polar surface area (TPSA) is 75.0 Å². The molecule has 0 spiro atoms. The molecule has 3 N–H and O–H groups in total. The van der Waals surface area contributed by atoms with Gasteiger partial charge in [0.05, 0.1) is 12.4 Å². The summed E-state index contributed by atoms with van der Waals surface area (Å²) in [6.07, 6.45) is 9.53. The summed E-state index contributed by atoms with van der Waals surface area (Å²) in [6, 6.07) is -0.342. The van der Waals surface area contributed by atoms with Crippen molar-refractivity contribution in [1.29, 1.82) is 0 Å². The molecule has 0 aliphatic carbocycles. The molecule has 2 heterocycles. The number of aromatic nitrogens is 2. The number of rotatable bonds is 5. The molecule has 0 radical (unpaired) electrons. The van der Waals surface area contributed by atoms with E-state index >= 15 is 0 Å². The van der Waals surface area contributed by atoms with Crippen LogP contribution in [0.25, 0.3) is 0 Å². The van der Waals surface area contributed by atoms with E-state index in [0.717, 1.165) is 50.9 Å². The first-order chi connectivity index (χ1) is 8.77. The third-order valence-electron chi connectivity index (χ3n) is 3.50. The summed E-state index contributed by atoms with van der Waals surface area (Å²) >= 11 is 0. The van der Waals surface area contributed by atoms with E-state index in [1.165, 1.54) is 6.42 Å². The highest BCUT2D eigenvalue weighted by Crippen LogP contribution is 2.11. The number of carbonyl (C=O) groups is 1. The fraction of sp³-hybridized carbons (Fsp3) is 0.692. The number of likely N-dealkylation sites (tertiary alicyclic amines) is 1. The zero-order valence-electron chi connectivity index (χ0n) is 10.8. The van der Waals surface area contributed by atoms with E-state index < -0.39 is 0 Å². The Morgan fingerprint density at radius 1 is 1.44 bits per heavy atom. The number of nitrogens with one attached hydrogen (secondary N) is 1. The minimum Gasteiger partial charge on any atom is -0.348 e. The molecule has 2 rings (SSSR count). The molecule has 100 valence electrons. The number of amides is 1. The van der Waals surface area contributed by atoms with Gasteiger partial charge >= 0.3 is 0 Å². The number of hydrogen-bond donors (Lipinski definition) is 2. The van der Waals surface area contributed by atoms with E-state index in [9.17, 15) is 4.79 Å². The summed E-state index contributed by atoms with van der Waals surface area (Å²) < 4.78 is 0. The highest BCUT2D eigenvalue weighted by atomic mass is 16.2. The summed E-state index contributed by atoms with van der Waals surface area (Å²) in [5, 5.41) is 0. The third kappa shape index (κ3) is 3.57. The average molecular weight is 250 g/mol. The van der Waals surface area contributed by atoms with E-state index in [-0.39, 0.29) is 11.9 Å². The van der Waals surface area contributed by atoms with Crippen molar-refractivity contribution in [3.63, 3.8) is 0 Å².